The maximum atomic E-state index is 12.8. The molecule has 0 saturated carbocycles. The molecule has 10 heteroatoms. The Balaban J connectivity index is 1.16. The number of carbonyl (C=O) groups excluding carboxylic acids is 2. The zero-order chi connectivity index (χ0) is 24.2. The number of fused-ring (bicyclic) bond motifs is 1. The van der Waals surface area contributed by atoms with E-state index in [0.717, 1.165) is 16.8 Å². The fourth-order valence-electron chi connectivity index (χ4n) is 3.93. The molecule has 2 N–H and O–H groups in total. The molecule has 5 rings (SSSR count). The summed E-state index contributed by atoms with van der Waals surface area (Å²) in [4.78, 5) is 29.1. The van der Waals surface area contributed by atoms with Crippen LogP contribution in [-0.2, 0) is 11.3 Å². The zero-order valence-electron chi connectivity index (χ0n) is 18.8. The lowest BCUT2D eigenvalue weighted by molar-refractivity contribution is 0.0941. The average Bonchev–Trinajstić information content (AvgIpc) is 3.36. The molecule has 2 amide bonds. The Morgan fingerprint density at radius 2 is 1.80 bits per heavy atom. The largest absolute Gasteiger partial charge is 0.445 e. The second kappa shape index (κ2) is 10.0. The van der Waals surface area contributed by atoms with Gasteiger partial charge in [-0.2, -0.15) is 0 Å². The fourth-order valence-corrected chi connectivity index (χ4v) is 4.06. The van der Waals surface area contributed by atoms with Crippen LogP contribution in [0.2, 0.25) is 5.02 Å². The van der Waals surface area contributed by atoms with Gasteiger partial charge in [0.05, 0.1) is 5.52 Å². The van der Waals surface area contributed by atoms with Gasteiger partial charge in [-0.05, 0) is 54.1 Å². The molecular weight excluding hydrogens is 468 g/mol. The summed E-state index contributed by atoms with van der Waals surface area (Å²) in [6.45, 7) is 2.56. The van der Waals surface area contributed by atoms with Crippen molar-refractivity contribution < 1.29 is 14.3 Å². The highest BCUT2D eigenvalue weighted by molar-refractivity contribution is 6.30. The molecule has 0 radical (unpaired) electrons. The van der Waals surface area contributed by atoms with Crippen LogP contribution < -0.4 is 10.2 Å². The molecule has 0 unspecified atom stereocenters. The van der Waals surface area contributed by atoms with E-state index in [0.29, 0.717) is 48.0 Å². The lowest BCUT2D eigenvalue weighted by Gasteiger charge is -2.35. The minimum absolute atomic E-state index is 0.205. The van der Waals surface area contributed by atoms with Crippen molar-refractivity contribution in [2.75, 3.05) is 36.4 Å². The molecule has 178 valence electrons. The predicted molar refractivity (Wildman–Crippen MR) is 134 cm³/mol. The number of aromatic amines is 1. The highest BCUT2D eigenvalue weighted by Gasteiger charge is 2.23. The van der Waals surface area contributed by atoms with Crippen molar-refractivity contribution >= 4 is 46.0 Å². The standard InChI is InChI=1S/C25H23ClN6O3/c26-19-6-4-17(5-7-19)16-35-25(34)32-12-10-31(11-13-32)21-3-1-2-18(14-21)24(33)27-20-8-9-22-23(15-20)29-30-28-22/h1-9,14-15H,10-13,16H2,(H,27,33)(H,28,29,30). The van der Waals surface area contributed by atoms with E-state index >= 15 is 0 Å². The number of nitrogens with one attached hydrogen (secondary N) is 2. The number of hydrogen-bond acceptors (Lipinski definition) is 6. The number of carbonyl (C=O) groups is 2. The topological polar surface area (TPSA) is 103 Å². The van der Waals surface area contributed by atoms with Crippen LogP contribution >= 0.6 is 11.6 Å². The lowest BCUT2D eigenvalue weighted by Crippen LogP contribution is -2.49. The monoisotopic (exact) mass is 490 g/mol. The van der Waals surface area contributed by atoms with Crippen molar-refractivity contribution in [3.8, 4) is 0 Å². The third-order valence-electron chi connectivity index (χ3n) is 5.87. The van der Waals surface area contributed by atoms with Gasteiger partial charge in [0, 0.05) is 48.1 Å². The number of piperazine rings is 1. The molecule has 3 aromatic carbocycles. The van der Waals surface area contributed by atoms with E-state index < -0.39 is 0 Å². The Bertz CT molecular complexity index is 1350. The molecule has 1 aliphatic heterocycles. The van der Waals surface area contributed by atoms with Crippen LogP contribution in [0.25, 0.3) is 11.0 Å². The molecule has 9 nitrogen and oxygen atoms in total. The van der Waals surface area contributed by atoms with Gasteiger partial charge in [0.1, 0.15) is 12.1 Å². The van der Waals surface area contributed by atoms with Gasteiger partial charge in [0.15, 0.2) is 0 Å². The summed E-state index contributed by atoms with van der Waals surface area (Å²) in [7, 11) is 0. The van der Waals surface area contributed by atoms with Crippen LogP contribution in [0, 0.1) is 0 Å². The number of nitrogens with zero attached hydrogens (tertiary/aromatic N) is 4. The van der Waals surface area contributed by atoms with Crippen molar-refractivity contribution in [1.82, 2.24) is 20.3 Å². The summed E-state index contributed by atoms with van der Waals surface area (Å²) in [6, 6.07) is 20.1. The van der Waals surface area contributed by atoms with Gasteiger partial charge >= 0.3 is 6.09 Å². The molecule has 1 aliphatic rings. The van der Waals surface area contributed by atoms with Gasteiger partial charge in [-0.1, -0.05) is 35.0 Å². The molecule has 1 saturated heterocycles. The van der Waals surface area contributed by atoms with E-state index in [4.69, 9.17) is 16.3 Å². The second-order valence-corrected chi connectivity index (χ2v) is 8.64. The molecule has 0 atom stereocenters. The van der Waals surface area contributed by atoms with Crippen molar-refractivity contribution in [1.29, 1.82) is 0 Å². The summed E-state index contributed by atoms with van der Waals surface area (Å²) in [5.41, 5.74) is 4.50. The van der Waals surface area contributed by atoms with Gasteiger partial charge in [-0.15, -0.1) is 5.10 Å². The van der Waals surface area contributed by atoms with Crippen molar-refractivity contribution in [3.63, 3.8) is 0 Å². The first-order valence-electron chi connectivity index (χ1n) is 11.2. The number of aromatic nitrogens is 3. The molecule has 2 heterocycles. The summed E-state index contributed by atoms with van der Waals surface area (Å²) in [5, 5.41) is 14.1. The zero-order valence-corrected chi connectivity index (χ0v) is 19.5. The Kier molecular flexibility index (Phi) is 6.49. The van der Waals surface area contributed by atoms with E-state index in [1.807, 2.05) is 36.4 Å². The molecule has 1 aromatic heterocycles. The predicted octanol–water partition coefficient (Wildman–Crippen LogP) is 4.32. The van der Waals surface area contributed by atoms with Gasteiger partial charge in [-0.3, -0.25) is 9.89 Å². The average molecular weight is 491 g/mol. The number of benzene rings is 3. The van der Waals surface area contributed by atoms with Gasteiger partial charge in [-0.25, -0.2) is 4.79 Å². The first-order chi connectivity index (χ1) is 17.0. The Hall–Kier alpha value is -4.11. The van der Waals surface area contributed by atoms with Crippen LogP contribution in [0.1, 0.15) is 15.9 Å². The SMILES string of the molecule is O=C(Nc1ccc2[nH]nnc2c1)c1cccc(N2CCN(C(=O)OCc3ccc(Cl)cc3)CC2)c1. The van der Waals surface area contributed by atoms with Crippen LogP contribution in [0.15, 0.2) is 66.7 Å². The number of halogens is 1. The number of anilines is 2. The van der Waals surface area contributed by atoms with Gasteiger partial charge in [0.25, 0.3) is 5.91 Å². The van der Waals surface area contributed by atoms with E-state index in [2.05, 4.69) is 25.6 Å². The van der Waals surface area contributed by atoms with Crippen LogP contribution in [-0.4, -0.2) is 58.5 Å². The Labute approximate surface area is 206 Å². The fraction of sp³-hybridized carbons (Fsp3) is 0.200. The molecule has 0 aliphatic carbocycles. The van der Waals surface area contributed by atoms with E-state index in [-0.39, 0.29) is 18.6 Å². The molecular formula is C25H23ClN6O3. The van der Waals surface area contributed by atoms with Gasteiger partial charge in [0.2, 0.25) is 0 Å². The normalized spacial score (nSPS) is 13.6. The van der Waals surface area contributed by atoms with E-state index in [9.17, 15) is 9.59 Å². The molecule has 35 heavy (non-hydrogen) atoms. The summed E-state index contributed by atoms with van der Waals surface area (Å²) in [6.07, 6.45) is -0.336. The number of ether oxygens (including phenoxy) is 1. The second-order valence-electron chi connectivity index (χ2n) is 8.20. The third kappa shape index (κ3) is 5.36. The summed E-state index contributed by atoms with van der Waals surface area (Å²) < 4.78 is 5.44. The Morgan fingerprint density at radius 3 is 2.60 bits per heavy atom. The lowest BCUT2D eigenvalue weighted by atomic mass is 10.1. The van der Waals surface area contributed by atoms with Crippen molar-refractivity contribution in [3.05, 3.63) is 82.9 Å². The minimum Gasteiger partial charge on any atom is -0.445 e. The smallest absolute Gasteiger partial charge is 0.410 e. The third-order valence-corrected chi connectivity index (χ3v) is 6.12. The molecule has 0 bridgehead atoms. The maximum Gasteiger partial charge on any atom is 0.410 e. The maximum absolute atomic E-state index is 12.8. The quantitative estimate of drug-likeness (QED) is 0.432. The Morgan fingerprint density at radius 1 is 1.00 bits per heavy atom. The molecule has 1 fully saturated rings. The number of rotatable bonds is 5. The van der Waals surface area contributed by atoms with Gasteiger partial charge < -0.3 is 19.9 Å². The van der Waals surface area contributed by atoms with Crippen LogP contribution in [0.5, 0.6) is 0 Å². The van der Waals surface area contributed by atoms with E-state index in [1.165, 1.54) is 0 Å². The minimum atomic E-state index is -0.336. The van der Waals surface area contributed by atoms with Crippen LogP contribution in [0.4, 0.5) is 16.2 Å². The van der Waals surface area contributed by atoms with E-state index in [1.54, 1.807) is 35.2 Å². The number of amides is 2. The van der Waals surface area contributed by atoms with Crippen LogP contribution in [0.3, 0.4) is 0 Å². The van der Waals surface area contributed by atoms with Crippen molar-refractivity contribution in [2.24, 2.45) is 0 Å². The van der Waals surface area contributed by atoms with Crippen molar-refractivity contribution in [2.45, 2.75) is 6.61 Å². The molecule has 0 spiro atoms. The highest BCUT2D eigenvalue weighted by atomic mass is 35.5. The number of hydrogen-bond donors (Lipinski definition) is 2. The first-order valence-corrected chi connectivity index (χ1v) is 11.6. The summed E-state index contributed by atoms with van der Waals surface area (Å²) >= 11 is 5.89. The summed E-state index contributed by atoms with van der Waals surface area (Å²) in [5.74, 6) is -0.209. The first kappa shape index (κ1) is 22.7. The highest BCUT2D eigenvalue weighted by Crippen LogP contribution is 2.21. The molecule has 4 aromatic rings. The number of H-pyrrole nitrogens is 1.